The Kier molecular flexibility index (Phi) is 4.63. The van der Waals surface area contributed by atoms with Crippen LogP contribution in [0.5, 0.6) is 0 Å². The van der Waals surface area contributed by atoms with Crippen molar-refractivity contribution in [1.82, 2.24) is 5.32 Å². The van der Waals surface area contributed by atoms with Crippen LogP contribution in [0, 0.1) is 30.2 Å². The molecule has 1 unspecified atom stereocenters. The predicted molar refractivity (Wildman–Crippen MR) is 73.0 cm³/mol. The summed E-state index contributed by atoms with van der Waals surface area (Å²) < 4.78 is 54.6. The van der Waals surface area contributed by atoms with Gasteiger partial charge in [-0.2, -0.15) is 0 Å². The Morgan fingerprint density at radius 1 is 0.952 bits per heavy atom. The van der Waals surface area contributed by atoms with Crippen LogP contribution < -0.4 is 5.32 Å². The normalized spacial score (nSPS) is 12.5. The van der Waals surface area contributed by atoms with Gasteiger partial charge in [0.15, 0.2) is 0 Å². The van der Waals surface area contributed by atoms with E-state index in [-0.39, 0.29) is 23.1 Å². The summed E-state index contributed by atoms with van der Waals surface area (Å²) in [7, 11) is 1.56. The maximum absolute atomic E-state index is 13.9. The van der Waals surface area contributed by atoms with E-state index in [0.717, 1.165) is 18.2 Å². The van der Waals surface area contributed by atoms with E-state index in [1.165, 1.54) is 19.1 Å². The summed E-state index contributed by atoms with van der Waals surface area (Å²) >= 11 is 0. The molecular formula is C16H15F4N. The van der Waals surface area contributed by atoms with Gasteiger partial charge in [0.25, 0.3) is 0 Å². The van der Waals surface area contributed by atoms with Crippen molar-refractivity contribution in [3.8, 4) is 0 Å². The highest BCUT2D eigenvalue weighted by atomic mass is 19.1. The molecule has 1 N–H and O–H groups in total. The number of hydrogen-bond acceptors (Lipinski definition) is 1. The first kappa shape index (κ1) is 15.5. The van der Waals surface area contributed by atoms with Gasteiger partial charge in [-0.1, -0.05) is 6.07 Å². The molecule has 0 aliphatic heterocycles. The highest BCUT2D eigenvalue weighted by molar-refractivity contribution is 5.30. The van der Waals surface area contributed by atoms with Gasteiger partial charge in [-0.3, -0.25) is 0 Å². The fraction of sp³-hybridized carbons (Fsp3) is 0.250. The lowest BCUT2D eigenvalue weighted by Gasteiger charge is -2.19. The Morgan fingerprint density at radius 2 is 1.57 bits per heavy atom. The van der Waals surface area contributed by atoms with Crippen LogP contribution in [-0.4, -0.2) is 7.05 Å². The van der Waals surface area contributed by atoms with Crippen LogP contribution in [0.2, 0.25) is 0 Å². The SMILES string of the molecule is CNC(Cc1c(F)cccc1F)c1cc(C)c(F)cc1F. The molecule has 1 nitrogen and oxygen atoms in total. The van der Waals surface area contributed by atoms with Gasteiger partial charge < -0.3 is 5.32 Å². The molecule has 0 aliphatic carbocycles. The molecule has 0 aromatic heterocycles. The molecule has 2 aromatic carbocycles. The maximum atomic E-state index is 13.9. The largest absolute Gasteiger partial charge is 0.313 e. The smallest absolute Gasteiger partial charge is 0.130 e. The van der Waals surface area contributed by atoms with Crippen molar-refractivity contribution >= 4 is 0 Å². The first-order chi connectivity index (χ1) is 9.93. The van der Waals surface area contributed by atoms with Crippen LogP contribution in [0.25, 0.3) is 0 Å². The molecule has 0 heterocycles. The minimum absolute atomic E-state index is 0.0724. The summed E-state index contributed by atoms with van der Waals surface area (Å²) in [6.45, 7) is 1.51. The second-order valence-corrected chi connectivity index (χ2v) is 4.87. The number of aryl methyl sites for hydroxylation is 1. The average Bonchev–Trinajstić information content (AvgIpc) is 2.43. The van der Waals surface area contributed by atoms with Gasteiger partial charge >= 0.3 is 0 Å². The van der Waals surface area contributed by atoms with Gasteiger partial charge in [0.05, 0.1) is 0 Å². The van der Waals surface area contributed by atoms with Gasteiger partial charge in [-0.05, 0) is 44.2 Å². The summed E-state index contributed by atoms with van der Waals surface area (Å²) in [5, 5.41) is 2.81. The summed E-state index contributed by atoms with van der Waals surface area (Å²) in [4.78, 5) is 0. The van der Waals surface area contributed by atoms with E-state index >= 15 is 0 Å². The van der Waals surface area contributed by atoms with Crippen molar-refractivity contribution in [2.45, 2.75) is 19.4 Å². The molecular weight excluding hydrogens is 282 g/mol. The second-order valence-electron chi connectivity index (χ2n) is 4.87. The topological polar surface area (TPSA) is 12.0 Å². The Balaban J connectivity index is 2.39. The quantitative estimate of drug-likeness (QED) is 0.839. The zero-order valence-corrected chi connectivity index (χ0v) is 11.7. The van der Waals surface area contributed by atoms with E-state index < -0.39 is 29.3 Å². The molecule has 5 heteroatoms. The molecule has 0 spiro atoms. The molecule has 21 heavy (non-hydrogen) atoms. The fourth-order valence-electron chi connectivity index (χ4n) is 2.25. The Labute approximate surface area is 120 Å². The molecule has 2 aromatic rings. The van der Waals surface area contributed by atoms with Gasteiger partial charge in [0.2, 0.25) is 0 Å². The molecule has 2 rings (SSSR count). The summed E-state index contributed by atoms with van der Waals surface area (Å²) in [6.07, 6.45) is -0.0724. The standard InChI is InChI=1S/C16H15F4N/c1-9-6-11(15(20)8-14(9)19)16(21-2)7-10-12(17)4-3-5-13(10)18/h3-6,8,16,21H,7H2,1-2H3. The van der Waals surface area contributed by atoms with Crippen molar-refractivity contribution in [3.05, 3.63) is 70.3 Å². The average molecular weight is 297 g/mol. The molecule has 0 fully saturated rings. The lowest BCUT2D eigenvalue weighted by Crippen LogP contribution is -2.21. The minimum Gasteiger partial charge on any atom is -0.313 e. The van der Waals surface area contributed by atoms with Crippen LogP contribution >= 0.6 is 0 Å². The Hall–Kier alpha value is -1.88. The lowest BCUT2D eigenvalue weighted by molar-refractivity contribution is 0.491. The number of nitrogens with one attached hydrogen (secondary N) is 1. The highest BCUT2D eigenvalue weighted by Crippen LogP contribution is 2.26. The third-order valence-electron chi connectivity index (χ3n) is 3.47. The summed E-state index contributed by atoms with van der Waals surface area (Å²) in [6, 6.07) is 5.05. The van der Waals surface area contributed by atoms with E-state index in [9.17, 15) is 17.6 Å². The van der Waals surface area contributed by atoms with Crippen molar-refractivity contribution in [2.75, 3.05) is 7.05 Å². The zero-order chi connectivity index (χ0) is 15.6. The number of rotatable bonds is 4. The Morgan fingerprint density at radius 3 is 2.14 bits per heavy atom. The van der Waals surface area contributed by atoms with E-state index in [2.05, 4.69) is 5.32 Å². The second kappa shape index (κ2) is 6.26. The number of halogens is 4. The highest BCUT2D eigenvalue weighted by Gasteiger charge is 2.20. The van der Waals surface area contributed by atoms with Gasteiger partial charge in [0, 0.05) is 23.2 Å². The molecule has 112 valence electrons. The summed E-state index contributed by atoms with van der Waals surface area (Å²) in [5.74, 6) is -2.76. The van der Waals surface area contributed by atoms with E-state index in [1.54, 1.807) is 7.05 Å². The first-order valence-electron chi connectivity index (χ1n) is 6.49. The van der Waals surface area contributed by atoms with E-state index in [4.69, 9.17) is 0 Å². The molecule has 0 bridgehead atoms. The predicted octanol–water partition coefficient (Wildman–Crippen LogP) is 4.05. The van der Waals surface area contributed by atoms with Crippen molar-refractivity contribution in [1.29, 1.82) is 0 Å². The number of benzene rings is 2. The zero-order valence-electron chi connectivity index (χ0n) is 11.7. The first-order valence-corrected chi connectivity index (χ1v) is 6.49. The number of hydrogen-bond donors (Lipinski definition) is 1. The molecule has 0 saturated heterocycles. The van der Waals surface area contributed by atoms with Crippen LogP contribution in [0.4, 0.5) is 17.6 Å². The Bertz CT molecular complexity index is 635. The third-order valence-corrected chi connectivity index (χ3v) is 3.47. The van der Waals surface area contributed by atoms with Crippen LogP contribution in [0.3, 0.4) is 0 Å². The molecule has 1 atom stereocenters. The van der Waals surface area contributed by atoms with E-state index in [0.29, 0.717) is 0 Å². The molecule has 0 aliphatic rings. The maximum Gasteiger partial charge on any atom is 0.130 e. The lowest BCUT2D eigenvalue weighted by atomic mass is 9.96. The van der Waals surface area contributed by atoms with E-state index in [1.807, 2.05) is 0 Å². The van der Waals surface area contributed by atoms with Gasteiger partial charge in [-0.15, -0.1) is 0 Å². The van der Waals surface area contributed by atoms with Crippen LogP contribution in [-0.2, 0) is 6.42 Å². The summed E-state index contributed by atoms with van der Waals surface area (Å²) in [5.41, 5.74) is 0.331. The fourth-order valence-corrected chi connectivity index (χ4v) is 2.25. The minimum atomic E-state index is -0.741. The molecule has 0 radical (unpaired) electrons. The van der Waals surface area contributed by atoms with Crippen molar-refractivity contribution in [2.24, 2.45) is 0 Å². The van der Waals surface area contributed by atoms with Gasteiger partial charge in [0.1, 0.15) is 23.3 Å². The molecule has 0 amide bonds. The molecule has 0 saturated carbocycles. The van der Waals surface area contributed by atoms with Crippen molar-refractivity contribution < 1.29 is 17.6 Å². The van der Waals surface area contributed by atoms with Crippen LogP contribution in [0.15, 0.2) is 30.3 Å². The van der Waals surface area contributed by atoms with Crippen molar-refractivity contribution in [3.63, 3.8) is 0 Å². The monoisotopic (exact) mass is 297 g/mol. The van der Waals surface area contributed by atoms with Crippen LogP contribution in [0.1, 0.15) is 22.7 Å². The third kappa shape index (κ3) is 3.24. The van der Waals surface area contributed by atoms with Gasteiger partial charge in [-0.25, -0.2) is 17.6 Å². The number of likely N-dealkylation sites (N-methyl/N-ethyl adjacent to an activating group) is 1.